The average molecular weight is 261 g/mol. The van der Waals surface area contributed by atoms with E-state index in [9.17, 15) is 5.11 Å². The van der Waals surface area contributed by atoms with Crippen LogP contribution in [-0.2, 0) is 5.60 Å². The van der Waals surface area contributed by atoms with E-state index in [0.29, 0.717) is 0 Å². The van der Waals surface area contributed by atoms with Crippen molar-refractivity contribution in [2.75, 3.05) is 0 Å². The lowest BCUT2D eigenvalue weighted by Crippen LogP contribution is -2.14. The van der Waals surface area contributed by atoms with Crippen LogP contribution < -0.4 is 0 Å². The van der Waals surface area contributed by atoms with Gasteiger partial charge in [0.15, 0.2) is 0 Å². The fraction of sp³-hybridized carbons (Fsp3) is 0.400. The number of hydrogen-bond acceptors (Lipinski definition) is 3. The summed E-state index contributed by atoms with van der Waals surface area (Å²) in [5, 5.41) is 11.1. The molecule has 0 bridgehead atoms. The van der Waals surface area contributed by atoms with Crippen LogP contribution in [0.4, 0.5) is 0 Å². The van der Waals surface area contributed by atoms with Crippen LogP contribution in [0.5, 0.6) is 0 Å². The minimum Gasteiger partial charge on any atom is -0.385 e. The van der Waals surface area contributed by atoms with Crippen LogP contribution in [0.15, 0.2) is 18.2 Å². The molecule has 1 aromatic carbocycles. The predicted molar refractivity (Wildman–Crippen MR) is 77.0 cm³/mol. The summed E-state index contributed by atoms with van der Waals surface area (Å²) in [6.45, 7) is 9.74. The number of benzene rings is 1. The fourth-order valence-electron chi connectivity index (χ4n) is 2.05. The lowest BCUT2D eigenvalue weighted by molar-refractivity contribution is 0.0817. The van der Waals surface area contributed by atoms with E-state index in [-0.39, 0.29) is 0 Å². The fourth-order valence-corrected chi connectivity index (χ4v) is 3.19. The Morgan fingerprint density at radius 2 is 1.83 bits per heavy atom. The van der Waals surface area contributed by atoms with Crippen LogP contribution in [0.1, 0.15) is 35.5 Å². The van der Waals surface area contributed by atoms with E-state index in [2.05, 4.69) is 37.0 Å². The summed E-state index contributed by atoms with van der Waals surface area (Å²) in [5.74, 6) is 0. The first-order valence-corrected chi connectivity index (χ1v) is 6.88. The maximum absolute atomic E-state index is 10.1. The van der Waals surface area contributed by atoms with Gasteiger partial charge in [0.2, 0.25) is 0 Å². The van der Waals surface area contributed by atoms with Gasteiger partial charge < -0.3 is 5.11 Å². The Hall–Kier alpha value is -1.19. The molecule has 0 unspecified atom stereocenters. The first-order valence-electron chi connectivity index (χ1n) is 6.07. The number of hydrogen-bond donors (Lipinski definition) is 1. The Bertz CT molecular complexity index is 579. The van der Waals surface area contributed by atoms with E-state index in [1.54, 1.807) is 25.2 Å². The van der Waals surface area contributed by atoms with Gasteiger partial charge in [-0.25, -0.2) is 4.98 Å². The topological polar surface area (TPSA) is 33.1 Å². The highest BCUT2D eigenvalue weighted by Gasteiger charge is 2.23. The van der Waals surface area contributed by atoms with E-state index in [1.165, 1.54) is 16.7 Å². The Balaban J connectivity index is 2.56. The lowest BCUT2D eigenvalue weighted by Gasteiger charge is -2.15. The molecular formula is C15H19NOS. The van der Waals surface area contributed by atoms with E-state index < -0.39 is 5.60 Å². The molecule has 0 spiro atoms. The average Bonchev–Trinajstić information content (AvgIpc) is 2.63. The number of thiazole rings is 1. The van der Waals surface area contributed by atoms with Crippen molar-refractivity contribution >= 4 is 11.3 Å². The van der Waals surface area contributed by atoms with E-state index in [1.807, 2.05) is 6.92 Å². The van der Waals surface area contributed by atoms with Gasteiger partial charge in [-0.1, -0.05) is 17.7 Å². The molecule has 1 aromatic heterocycles. The zero-order valence-electron chi connectivity index (χ0n) is 11.5. The summed E-state index contributed by atoms with van der Waals surface area (Å²) >= 11 is 1.58. The van der Waals surface area contributed by atoms with Crippen molar-refractivity contribution in [1.82, 2.24) is 4.98 Å². The van der Waals surface area contributed by atoms with Crippen LogP contribution in [0.3, 0.4) is 0 Å². The molecule has 0 amide bonds. The molecule has 96 valence electrons. The summed E-state index contributed by atoms with van der Waals surface area (Å²) in [5.41, 5.74) is 3.71. The third-order valence-electron chi connectivity index (χ3n) is 2.98. The second kappa shape index (κ2) is 4.48. The third kappa shape index (κ3) is 2.47. The number of aromatic nitrogens is 1. The smallest absolute Gasteiger partial charge is 0.124 e. The van der Waals surface area contributed by atoms with Crippen LogP contribution in [0, 0.1) is 20.8 Å². The first kappa shape index (κ1) is 13.2. The van der Waals surface area contributed by atoms with Crippen molar-refractivity contribution in [2.45, 2.75) is 40.2 Å². The third-order valence-corrected chi connectivity index (χ3v) is 4.48. The molecule has 0 fully saturated rings. The monoisotopic (exact) mass is 261 g/mol. The molecule has 18 heavy (non-hydrogen) atoms. The van der Waals surface area contributed by atoms with Gasteiger partial charge in [-0.2, -0.15) is 0 Å². The molecule has 1 heterocycles. The summed E-state index contributed by atoms with van der Waals surface area (Å²) < 4.78 is 0. The van der Waals surface area contributed by atoms with Gasteiger partial charge >= 0.3 is 0 Å². The van der Waals surface area contributed by atoms with Gasteiger partial charge in [-0.15, -0.1) is 11.3 Å². The quantitative estimate of drug-likeness (QED) is 0.887. The molecule has 0 aliphatic carbocycles. The highest BCUT2D eigenvalue weighted by Crippen LogP contribution is 2.35. The van der Waals surface area contributed by atoms with Crippen molar-refractivity contribution < 1.29 is 5.11 Å². The minimum atomic E-state index is -0.822. The Kier molecular flexibility index (Phi) is 3.30. The van der Waals surface area contributed by atoms with Gasteiger partial charge in [0.05, 0.1) is 16.2 Å². The summed E-state index contributed by atoms with van der Waals surface area (Å²) in [6, 6.07) is 6.38. The molecular weight excluding hydrogens is 242 g/mol. The Morgan fingerprint density at radius 1 is 1.17 bits per heavy atom. The standard InChI is InChI=1S/C15H19NOS/c1-9-6-7-10(2)12(8-9)14-16-11(3)13(18-14)15(4,5)17/h6-8,17H,1-5H3. The molecule has 2 nitrogen and oxygen atoms in total. The van der Waals surface area contributed by atoms with Crippen LogP contribution >= 0.6 is 11.3 Å². The van der Waals surface area contributed by atoms with Crippen LogP contribution in [0.25, 0.3) is 10.6 Å². The number of nitrogens with zero attached hydrogens (tertiary/aromatic N) is 1. The number of aliphatic hydroxyl groups is 1. The zero-order valence-corrected chi connectivity index (χ0v) is 12.4. The maximum atomic E-state index is 10.1. The van der Waals surface area contributed by atoms with E-state index in [0.717, 1.165) is 15.6 Å². The molecule has 0 aliphatic heterocycles. The summed E-state index contributed by atoms with van der Waals surface area (Å²) in [6.07, 6.45) is 0. The van der Waals surface area contributed by atoms with Gasteiger partial charge in [0.1, 0.15) is 5.01 Å². The summed E-state index contributed by atoms with van der Waals surface area (Å²) in [7, 11) is 0. The second-order valence-electron chi connectivity index (χ2n) is 5.31. The van der Waals surface area contributed by atoms with E-state index in [4.69, 9.17) is 0 Å². The molecule has 2 aromatic rings. The summed E-state index contributed by atoms with van der Waals surface area (Å²) in [4.78, 5) is 5.55. The Labute approximate surface area is 112 Å². The highest BCUT2D eigenvalue weighted by molar-refractivity contribution is 7.15. The van der Waals surface area contributed by atoms with Crippen molar-refractivity contribution in [1.29, 1.82) is 0 Å². The molecule has 0 saturated carbocycles. The van der Waals surface area contributed by atoms with Gasteiger partial charge in [-0.3, -0.25) is 0 Å². The second-order valence-corrected chi connectivity index (χ2v) is 6.31. The highest BCUT2D eigenvalue weighted by atomic mass is 32.1. The number of rotatable bonds is 2. The SMILES string of the molecule is Cc1ccc(C)c(-c2nc(C)c(C(C)(C)O)s2)c1. The van der Waals surface area contributed by atoms with Gasteiger partial charge in [-0.05, 0) is 46.2 Å². The van der Waals surface area contributed by atoms with Gasteiger partial charge in [0, 0.05) is 5.56 Å². The van der Waals surface area contributed by atoms with Crippen LogP contribution in [-0.4, -0.2) is 10.1 Å². The van der Waals surface area contributed by atoms with Crippen molar-refractivity contribution in [3.05, 3.63) is 39.9 Å². The van der Waals surface area contributed by atoms with Crippen molar-refractivity contribution in [3.8, 4) is 10.6 Å². The lowest BCUT2D eigenvalue weighted by atomic mass is 10.1. The van der Waals surface area contributed by atoms with Crippen LogP contribution in [0.2, 0.25) is 0 Å². The molecule has 1 N–H and O–H groups in total. The molecule has 0 aliphatic rings. The largest absolute Gasteiger partial charge is 0.385 e. The maximum Gasteiger partial charge on any atom is 0.124 e. The van der Waals surface area contributed by atoms with Crippen molar-refractivity contribution in [3.63, 3.8) is 0 Å². The molecule has 0 atom stereocenters. The molecule has 0 radical (unpaired) electrons. The predicted octanol–water partition coefficient (Wildman–Crippen LogP) is 3.96. The normalized spacial score (nSPS) is 11.9. The number of aryl methyl sites for hydroxylation is 3. The first-order chi connectivity index (χ1) is 8.29. The van der Waals surface area contributed by atoms with Gasteiger partial charge in [0.25, 0.3) is 0 Å². The molecule has 2 rings (SSSR count). The Morgan fingerprint density at radius 3 is 2.39 bits per heavy atom. The zero-order chi connectivity index (χ0) is 13.5. The van der Waals surface area contributed by atoms with E-state index >= 15 is 0 Å². The molecule has 0 saturated heterocycles. The molecule has 3 heteroatoms. The minimum absolute atomic E-state index is 0.822. The van der Waals surface area contributed by atoms with Crippen molar-refractivity contribution in [2.24, 2.45) is 0 Å².